The highest BCUT2D eigenvalue weighted by atomic mass is 19.2. The summed E-state index contributed by atoms with van der Waals surface area (Å²) in [6, 6.07) is 6.41. The lowest BCUT2D eigenvalue weighted by Crippen LogP contribution is -2.15. The van der Waals surface area contributed by atoms with E-state index in [-0.39, 0.29) is 29.8 Å². The van der Waals surface area contributed by atoms with Crippen molar-refractivity contribution >= 4 is 17.3 Å². The minimum atomic E-state index is -1.22. The maximum absolute atomic E-state index is 14.0. The van der Waals surface area contributed by atoms with Gasteiger partial charge in [-0.1, -0.05) is 6.07 Å². The van der Waals surface area contributed by atoms with Crippen LogP contribution in [0.5, 0.6) is 0 Å². The van der Waals surface area contributed by atoms with E-state index in [9.17, 15) is 18.0 Å². The van der Waals surface area contributed by atoms with Gasteiger partial charge in [0.05, 0.1) is 11.3 Å². The first-order chi connectivity index (χ1) is 9.99. The standard InChI is InChI=1S/C15H10F3NO2/c16-11-7-12(17)14-10(13(11)18)4-5-19(14)9-3-1-2-8(6-9)15(20)21/h1-3,6-7H,4-5H2,(H,20,21). The molecule has 1 aliphatic heterocycles. The van der Waals surface area contributed by atoms with E-state index in [1.165, 1.54) is 23.1 Å². The first-order valence-corrected chi connectivity index (χ1v) is 6.26. The van der Waals surface area contributed by atoms with Crippen LogP contribution in [0.4, 0.5) is 24.5 Å². The number of nitrogens with zero attached hydrogens (tertiary/aromatic N) is 1. The zero-order valence-corrected chi connectivity index (χ0v) is 10.7. The van der Waals surface area contributed by atoms with Gasteiger partial charge in [-0.25, -0.2) is 18.0 Å². The van der Waals surface area contributed by atoms with E-state index in [4.69, 9.17) is 5.11 Å². The number of carboxylic acids is 1. The maximum Gasteiger partial charge on any atom is 0.335 e. The molecule has 0 aromatic heterocycles. The van der Waals surface area contributed by atoms with Crippen molar-refractivity contribution in [3.05, 3.63) is 58.9 Å². The van der Waals surface area contributed by atoms with E-state index in [2.05, 4.69) is 0 Å². The summed E-state index contributed by atoms with van der Waals surface area (Å²) in [7, 11) is 0. The molecule has 6 heteroatoms. The molecule has 0 unspecified atom stereocenters. The SMILES string of the molecule is O=C(O)c1cccc(N2CCc3c(F)c(F)cc(F)c32)c1. The number of fused-ring (bicyclic) bond motifs is 1. The summed E-state index contributed by atoms with van der Waals surface area (Å²) in [5, 5.41) is 8.98. The molecule has 3 rings (SSSR count). The smallest absolute Gasteiger partial charge is 0.335 e. The third kappa shape index (κ3) is 2.12. The van der Waals surface area contributed by atoms with Gasteiger partial charge < -0.3 is 10.0 Å². The van der Waals surface area contributed by atoms with Gasteiger partial charge in [0.15, 0.2) is 11.6 Å². The Morgan fingerprint density at radius 1 is 1.14 bits per heavy atom. The molecule has 2 aromatic rings. The van der Waals surface area contributed by atoms with Crippen LogP contribution in [0.25, 0.3) is 0 Å². The van der Waals surface area contributed by atoms with Gasteiger partial charge in [-0.3, -0.25) is 0 Å². The molecule has 1 heterocycles. The Morgan fingerprint density at radius 3 is 2.62 bits per heavy atom. The van der Waals surface area contributed by atoms with E-state index in [1.54, 1.807) is 6.07 Å². The molecule has 0 amide bonds. The summed E-state index contributed by atoms with van der Waals surface area (Å²) in [6.45, 7) is 0.260. The molecule has 2 aromatic carbocycles. The van der Waals surface area contributed by atoms with E-state index in [0.717, 1.165) is 0 Å². The van der Waals surface area contributed by atoms with Crippen LogP contribution in [0.15, 0.2) is 30.3 Å². The van der Waals surface area contributed by atoms with Crippen LogP contribution >= 0.6 is 0 Å². The van der Waals surface area contributed by atoms with Gasteiger partial charge in [0.1, 0.15) is 5.82 Å². The highest BCUT2D eigenvalue weighted by Crippen LogP contribution is 2.39. The molecular formula is C15H10F3NO2. The molecule has 0 atom stereocenters. The van der Waals surface area contributed by atoms with Crippen molar-refractivity contribution < 1.29 is 23.1 Å². The van der Waals surface area contributed by atoms with E-state index < -0.39 is 23.4 Å². The number of benzene rings is 2. The molecule has 1 N–H and O–H groups in total. The predicted molar refractivity (Wildman–Crippen MR) is 70.4 cm³/mol. The van der Waals surface area contributed by atoms with E-state index in [0.29, 0.717) is 11.8 Å². The number of anilines is 2. The molecule has 0 saturated carbocycles. The quantitative estimate of drug-likeness (QED) is 0.862. The zero-order valence-electron chi connectivity index (χ0n) is 10.7. The van der Waals surface area contributed by atoms with Crippen LogP contribution in [0, 0.1) is 17.5 Å². The maximum atomic E-state index is 14.0. The highest BCUT2D eigenvalue weighted by molar-refractivity contribution is 5.89. The second-order valence-electron chi connectivity index (χ2n) is 4.74. The molecule has 3 nitrogen and oxygen atoms in total. The van der Waals surface area contributed by atoms with Crippen LogP contribution in [0.3, 0.4) is 0 Å². The number of carboxylic acid groups (broad SMARTS) is 1. The van der Waals surface area contributed by atoms with Crippen molar-refractivity contribution in [1.29, 1.82) is 0 Å². The Labute approximate surface area is 118 Å². The third-order valence-electron chi connectivity index (χ3n) is 3.50. The fourth-order valence-electron chi connectivity index (χ4n) is 2.56. The first kappa shape index (κ1) is 13.5. The molecule has 0 spiro atoms. The highest BCUT2D eigenvalue weighted by Gasteiger charge is 2.29. The van der Waals surface area contributed by atoms with Crippen molar-refractivity contribution in [3.63, 3.8) is 0 Å². The third-order valence-corrected chi connectivity index (χ3v) is 3.50. The molecule has 0 radical (unpaired) electrons. The normalized spacial score (nSPS) is 13.4. The lowest BCUT2D eigenvalue weighted by atomic mass is 10.1. The summed E-state index contributed by atoms with van der Waals surface area (Å²) in [4.78, 5) is 12.4. The minimum Gasteiger partial charge on any atom is -0.478 e. The minimum absolute atomic E-state index is 0.0202. The number of hydrogen-bond donors (Lipinski definition) is 1. The second kappa shape index (κ2) is 4.80. The molecule has 108 valence electrons. The molecule has 0 fully saturated rings. The van der Waals surface area contributed by atoms with Gasteiger partial charge in [0, 0.05) is 23.9 Å². The molecule has 1 aliphatic rings. The van der Waals surface area contributed by atoms with Crippen molar-refractivity contribution in [3.8, 4) is 0 Å². The Balaban J connectivity index is 2.11. The largest absolute Gasteiger partial charge is 0.478 e. The summed E-state index contributed by atoms with van der Waals surface area (Å²) in [6.07, 6.45) is 0.160. The van der Waals surface area contributed by atoms with Gasteiger partial charge in [0.25, 0.3) is 0 Å². The molecule has 0 saturated heterocycles. The zero-order chi connectivity index (χ0) is 15.1. The Kier molecular flexibility index (Phi) is 3.08. The van der Waals surface area contributed by atoms with Gasteiger partial charge >= 0.3 is 5.97 Å². The Morgan fingerprint density at radius 2 is 1.90 bits per heavy atom. The molecule has 0 bridgehead atoms. The van der Waals surface area contributed by atoms with E-state index >= 15 is 0 Å². The van der Waals surface area contributed by atoms with Crippen molar-refractivity contribution in [2.75, 3.05) is 11.4 Å². The van der Waals surface area contributed by atoms with Crippen LogP contribution in [-0.2, 0) is 6.42 Å². The van der Waals surface area contributed by atoms with Crippen LogP contribution in [-0.4, -0.2) is 17.6 Å². The molecule has 21 heavy (non-hydrogen) atoms. The molecular weight excluding hydrogens is 283 g/mol. The fraction of sp³-hybridized carbons (Fsp3) is 0.133. The monoisotopic (exact) mass is 293 g/mol. The molecule has 0 aliphatic carbocycles. The summed E-state index contributed by atoms with van der Waals surface area (Å²) in [5.74, 6) is -4.24. The first-order valence-electron chi connectivity index (χ1n) is 6.26. The fourth-order valence-corrected chi connectivity index (χ4v) is 2.56. The van der Waals surface area contributed by atoms with Gasteiger partial charge in [-0.05, 0) is 24.6 Å². The van der Waals surface area contributed by atoms with Gasteiger partial charge in [0.2, 0.25) is 0 Å². The van der Waals surface area contributed by atoms with Crippen LogP contribution < -0.4 is 4.90 Å². The van der Waals surface area contributed by atoms with Crippen molar-refractivity contribution in [2.24, 2.45) is 0 Å². The average Bonchev–Trinajstić information content (AvgIpc) is 2.90. The average molecular weight is 293 g/mol. The lowest BCUT2D eigenvalue weighted by Gasteiger charge is -2.20. The Bertz CT molecular complexity index is 746. The van der Waals surface area contributed by atoms with E-state index in [1.807, 2.05) is 0 Å². The predicted octanol–water partition coefficient (Wildman–Crippen LogP) is 3.50. The number of aromatic carboxylic acids is 1. The number of halogens is 3. The van der Waals surface area contributed by atoms with Crippen LogP contribution in [0.2, 0.25) is 0 Å². The van der Waals surface area contributed by atoms with Crippen molar-refractivity contribution in [2.45, 2.75) is 6.42 Å². The summed E-state index contributed by atoms with van der Waals surface area (Å²) in [5.41, 5.74) is 0.423. The number of rotatable bonds is 2. The van der Waals surface area contributed by atoms with Gasteiger partial charge in [-0.2, -0.15) is 0 Å². The summed E-state index contributed by atoms with van der Waals surface area (Å²) >= 11 is 0. The lowest BCUT2D eigenvalue weighted by molar-refractivity contribution is 0.0697. The summed E-state index contributed by atoms with van der Waals surface area (Å²) < 4.78 is 40.9. The van der Waals surface area contributed by atoms with Crippen molar-refractivity contribution in [1.82, 2.24) is 0 Å². The Hall–Kier alpha value is -2.50. The number of carbonyl (C=O) groups is 1. The topological polar surface area (TPSA) is 40.5 Å². The van der Waals surface area contributed by atoms with Gasteiger partial charge in [-0.15, -0.1) is 0 Å². The number of hydrogen-bond acceptors (Lipinski definition) is 2. The van der Waals surface area contributed by atoms with Crippen LogP contribution in [0.1, 0.15) is 15.9 Å². The second-order valence-corrected chi connectivity index (χ2v) is 4.74.